The van der Waals surface area contributed by atoms with Crippen LogP contribution in [0, 0.1) is 0 Å². The van der Waals surface area contributed by atoms with E-state index in [4.69, 9.17) is 9.40 Å². The molecule has 0 atom stereocenters. The molecule has 4 aromatic rings. The van der Waals surface area contributed by atoms with Crippen LogP contribution >= 0.6 is 0 Å². The zero-order valence-electron chi connectivity index (χ0n) is 17.0. The van der Waals surface area contributed by atoms with E-state index in [0.29, 0.717) is 6.01 Å². The molecular formula is C23H24N6O. The first-order chi connectivity index (χ1) is 14.8. The van der Waals surface area contributed by atoms with E-state index in [1.54, 1.807) is 7.05 Å². The summed E-state index contributed by atoms with van der Waals surface area (Å²) in [4.78, 5) is 19.1. The molecule has 7 nitrogen and oxygen atoms in total. The molecule has 1 aliphatic carbocycles. The number of hydrogen-bond donors (Lipinski definition) is 1. The topological polar surface area (TPSA) is 70.3 Å². The molecule has 0 radical (unpaired) electrons. The number of hydrogen-bond acceptors (Lipinski definition) is 7. The molecule has 2 aromatic carbocycles. The summed E-state index contributed by atoms with van der Waals surface area (Å²) in [6.45, 7) is 4.29. The maximum Gasteiger partial charge on any atom is 0.295 e. The van der Waals surface area contributed by atoms with Gasteiger partial charge < -0.3 is 14.6 Å². The van der Waals surface area contributed by atoms with Crippen LogP contribution in [0.4, 0.5) is 11.8 Å². The molecule has 1 aliphatic heterocycles. The maximum absolute atomic E-state index is 5.63. The molecule has 30 heavy (non-hydrogen) atoms. The van der Waals surface area contributed by atoms with Crippen LogP contribution in [0.15, 0.2) is 47.0 Å². The fourth-order valence-electron chi connectivity index (χ4n) is 4.30. The van der Waals surface area contributed by atoms with Gasteiger partial charge in [-0.25, -0.2) is 4.98 Å². The van der Waals surface area contributed by atoms with Crippen molar-refractivity contribution in [1.82, 2.24) is 19.9 Å². The summed E-state index contributed by atoms with van der Waals surface area (Å²) in [6.07, 6.45) is 4.65. The zero-order chi connectivity index (χ0) is 20.1. The van der Waals surface area contributed by atoms with Crippen molar-refractivity contribution in [3.63, 3.8) is 0 Å². The third-order valence-electron chi connectivity index (χ3n) is 6.17. The van der Waals surface area contributed by atoms with Crippen molar-refractivity contribution in [2.75, 3.05) is 43.4 Å². The van der Waals surface area contributed by atoms with Gasteiger partial charge in [0.05, 0.1) is 17.2 Å². The minimum absolute atomic E-state index is 0.526. The van der Waals surface area contributed by atoms with Crippen LogP contribution < -0.4 is 10.2 Å². The van der Waals surface area contributed by atoms with E-state index in [9.17, 15) is 0 Å². The van der Waals surface area contributed by atoms with Gasteiger partial charge in [0.2, 0.25) is 0 Å². The standard InChI is InChI=1S/C23H24N6O/c1-24-23-27-20-13-16(3-7-21(20)30-23)15-2-6-18-19(12-15)26-22(14-25-18)29-10-8-28(9-11-29)17-4-5-17/h2-3,6-7,12-14,17H,4-5,8-11H2,1H3,(H,24,27). The number of nitrogens with zero attached hydrogens (tertiary/aromatic N) is 5. The number of piperazine rings is 1. The lowest BCUT2D eigenvalue weighted by molar-refractivity contribution is 0.247. The van der Waals surface area contributed by atoms with Crippen molar-refractivity contribution in [3.8, 4) is 11.1 Å². The molecular weight excluding hydrogens is 376 g/mol. The van der Waals surface area contributed by atoms with Gasteiger partial charge in [-0.2, -0.15) is 4.98 Å². The van der Waals surface area contributed by atoms with Crippen molar-refractivity contribution < 1.29 is 4.42 Å². The van der Waals surface area contributed by atoms with E-state index < -0.39 is 0 Å². The van der Waals surface area contributed by atoms with E-state index in [-0.39, 0.29) is 0 Å². The Bertz CT molecular complexity index is 1220. The first-order valence-corrected chi connectivity index (χ1v) is 10.6. The Morgan fingerprint density at radius 3 is 2.43 bits per heavy atom. The lowest BCUT2D eigenvalue weighted by Gasteiger charge is -2.35. The van der Waals surface area contributed by atoms with Crippen molar-refractivity contribution in [3.05, 3.63) is 42.6 Å². The Labute approximate surface area is 174 Å². The Morgan fingerprint density at radius 2 is 1.67 bits per heavy atom. The molecule has 2 fully saturated rings. The molecule has 2 aromatic heterocycles. The smallest absolute Gasteiger partial charge is 0.295 e. The number of fused-ring (bicyclic) bond motifs is 2. The molecule has 0 spiro atoms. The van der Waals surface area contributed by atoms with Crippen LogP contribution in [0.5, 0.6) is 0 Å². The molecule has 1 saturated heterocycles. The first kappa shape index (κ1) is 17.7. The molecule has 6 rings (SSSR count). The summed E-state index contributed by atoms with van der Waals surface area (Å²) in [5.74, 6) is 0.973. The summed E-state index contributed by atoms with van der Waals surface area (Å²) in [6, 6.07) is 13.7. The molecule has 1 saturated carbocycles. The van der Waals surface area contributed by atoms with Crippen LogP contribution in [-0.4, -0.2) is 59.1 Å². The van der Waals surface area contributed by atoms with Gasteiger partial charge in [0, 0.05) is 39.3 Å². The minimum Gasteiger partial charge on any atom is -0.424 e. The molecule has 0 bridgehead atoms. The van der Waals surface area contributed by atoms with Crippen molar-refractivity contribution in [2.24, 2.45) is 0 Å². The van der Waals surface area contributed by atoms with Gasteiger partial charge in [-0.3, -0.25) is 9.88 Å². The summed E-state index contributed by atoms with van der Waals surface area (Å²) >= 11 is 0. The van der Waals surface area contributed by atoms with Gasteiger partial charge in [-0.15, -0.1) is 0 Å². The fourth-order valence-corrected chi connectivity index (χ4v) is 4.30. The molecule has 7 heteroatoms. The second kappa shape index (κ2) is 6.95. The predicted molar refractivity (Wildman–Crippen MR) is 119 cm³/mol. The van der Waals surface area contributed by atoms with E-state index in [1.807, 2.05) is 18.3 Å². The summed E-state index contributed by atoms with van der Waals surface area (Å²) in [5.41, 5.74) is 5.64. The van der Waals surface area contributed by atoms with Crippen molar-refractivity contribution >= 4 is 34.0 Å². The zero-order valence-corrected chi connectivity index (χ0v) is 17.0. The Kier molecular flexibility index (Phi) is 4.09. The molecule has 0 unspecified atom stereocenters. The molecule has 2 aliphatic rings. The fraction of sp³-hybridized carbons (Fsp3) is 0.348. The van der Waals surface area contributed by atoms with Crippen LogP contribution in [-0.2, 0) is 0 Å². The number of oxazole rings is 1. The average molecular weight is 400 g/mol. The van der Waals surface area contributed by atoms with Gasteiger partial charge in [0.1, 0.15) is 11.3 Å². The number of nitrogens with one attached hydrogen (secondary N) is 1. The summed E-state index contributed by atoms with van der Waals surface area (Å²) in [7, 11) is 1.80. The Balaban J connectivity index is 1.30. The third kappa shape index (κ3) is 3.15. The third-order valence-corrected chi connectivity index (χ3v) is 6.17. The van der Waals surface area contributed by atoms with Gasteiger partial charge >= 0.3 is 0 Å². The highest BCUT2D eigenvalue weighted by Crippen LogP contribution is 2.30. The summed E-state index contributed by atoms with van der Waals surface area (Å²) in [5, 5.41) is 2.95. The van der Waals surface area contributed by atoms with E-state index in [0.717, 1.165) is 71.3 Å². The Morgan fingerprint density at radius 1 is 0.900 bits per heavy atom. The van der Waals surface area contributed by atoms with Crippen LogP contribution in [0.25, 0.3) is 33.3 Å². The van der Waals surface area contributed by atoms with Gasteiger partial charge in [0.25, 0.3) is 6.01 Å². The minimum atomic E-state index is 0.526. The highest BCUT2D eigenvalue weighted by atomic mass is 16.4. The molecule has 3 heterocycles. The molecule has 152 valence electrons. The van der Waals surface area contributed by atoms with Crippen molar-refractivity contribution in [2.45, 2.75) is 18.9 Å². The SMILES string of the molecule is CNc1nc2cc(-c3ccc4ncc(N5CCN(C6CC6)CC5)nc4c3)ccc2o1. The van der Waals surface area contributed by atoms with Crippen LogP contribution in [0.2, 0.25) is 0 Å². The highest BCUT2D eigenvalue weighted by Gasteiger charge is 2.31. The van der Waals surface area contributed by atoms with Gasteiger partial charge in [-0.1, -0.05) is 12.1 Å². The second-order valence-electron chi connectivity index (χ2n) is 8.14. The van der Waals surface area contributed by atoms with Crippen molar-refractivity contribution in [1.29, 1.82) is 0 Å². The number of rotatable bonds is 4. The van der Waals surface area contributed by atoms with Gasteiger partial charge in [0.15, 0.2) is 5.58 Å². The summed E-state index contributed by atoms with van der Waals surface area (Å²) < 4.78 is 5.63. The lowest BCUT2D eigenvalue weighted by atomic mass is 10.0. The second-order valence-corrected chi connectivity index (χ2v) is 8.14. The maximum atomic E-state index is 5.63. The number of anilines is 2. The average Bonchev–Trinajstić information content (AvgIpc) is 3.57. The molecule has 0 amide bonds. The molecule has 1 N–H and O–H groups in total. The van der Waals surface area contributed by atoms with Crippen LogP contribution in [0.1, 0.15) is 12.8 Å². The number of benzene rings is 2. The Hall–Kier alpha value is -3.19. The number of aromatic nitrogens is 3. The van der Waals surface area contributed by atoms with E-state index in [1.165, 1.54) is 12.8 Å². The van der Waals surface area contributed by atoms with Gasteiger partial charge in [-0.05, 0) is 48.2 Å². The first-order valence-electron chi connectivity index (χ1n) is 10.6. The highest BCUT2D eigenvalue weighted by molar-refractivity contribution is 5.86. The van der Waals surface area contributed by atoms with Crippen LogP contribution in [0.3, 0.4) is 0 Å². The largest absolute Gasteiger partial charge is 0.424 e. The van der Waals surface area contributed by atoms with E-state index in [2.05, 4.69) is 49.4 Å². The monoisotopic (exact) mass is 400 g/mol. The predicted octanol–water partition coefficient (Wildman–Crippen LogP) is 3.76. The lowest BCUT2D eigenvalue weighted by Crippen LogP contribution is -2.47. The normalized spacial score (nSPS) is 17.7. The van der Waals surface area contributed by atoms with E-state index >= 15 is 0 Å². The quantitative estimate of drug-likeness (QED) is 0.559.